The summed E-state index contributed by atoms with van der Waals surface area (Å²) in [5, 5.41) is 7.69. The van der Waals surface area contributed by atoms with E-state index in [0.717, 1.165) is 18.5 Å². The Hall–Kier alpha value is -3.89. The minimum atomic E-state index is -4.90. The monoisotopic (exact) mass is 633 g/mol. The lowest BCUT2D eigenvalue weighted by molar-refractivity contribution is -0.138. The van der Waals surface area contributed by atoms with Crippen LogP contribution < -0.4 is 20.7 Å². The van der Waals surface area contributed by atoms with Gasteiger partial charge < -0.3 is 24.8 Å². The van der Waals surface area contributed by atoms with Gasteiger partial charge in [-0.2, -0.15) is 31.4 Å². The topological polar surface area (TPSA) is 124 Å². The quantitative estimate of drug-likeness (QED) is 0.301. The van der Waals surface area contributed by atoms with Crippen molar-refractivity contribution in [2.75, 3.05) is 54.5 Å². The van der Waals surface area contributed by atoms with E-state index in [1.54, 1.807) is 10.00 Å². The van der Waals surface area contributed by atoms with E-state index < -0.39 is 52.7 Å². The second-order valence-corrected chi connectivity index (χ2v) is 11.1. The van der Waals surface area contributed by atoms with E-state index in [2.05, 4.69) is 15.4 Å². The van der Waals surface area contributed by atoms with E-state index in [-0.39, 0.29) is 69.1 Å². The van der Waals surface area contributed by atoms with Gasteiger partial charge in [0.15, 0.2) is 5.82 Å². The zero-order valence-corrected chi connectivity index (χ0v) is 24.3. The fraction of sp³-hybridized carbons (Fsp3) is 0.593. The van der Waals surface area contributed by atoms with Crippen molar-refractivity contribution in [3.05, 3.63) is 39.9 Å². The zero-order chi connectivity index (χ0) is 32.4. The number of hydrogen-bond donors (Lipinski definition) is 2. The van der Waals surface area contributed by atoms with Crippen LogP contribution >= 0.6 is 0 Å². The largest absolute Gasteiger partial charge is 0.423 e. The van der Waals surface area contributed by atoms with Gasteiger partial charge >= 0.3 is 12.4 Å². The number of H-pyrrole nitrogens is 1. The first-order valence-electron chi connectivity index (χ1n) is 14.0. The van der Waals surface area contributed by atoms with E-state index in [1.165, 1.54) is 16.7 Å². The van der Waals surface area contributed by atoms with Crippen molar-refractivity contribution in [1.29, 1.82) is 0 Å². The van der Waals surface area contributed by atoms with Crippen LogP contribution in [0.5, 0.6) is 0 Å². The lowest BCUT2D eigenvalue weighted by atomic mass is 10.0. The Kier molecular flexibility index (Phi) is 9.75. The molecule has 2 unspecified atom stereocenters. The second-order valence-electron chi connectivity index (χ2n) is 11.1. The van der Waals surface area contributed by atoms with Crippen LogP contribution in [0.2, 0.25) is 0 Å². The van der Waals surface area contributed by atoms with Crippen LogP contribution in [0.15, 0.2) is 23.3 Å². The SMILES string of the molecule is CC(C)CCN1C(=O)C2CN(C(=O)CCOCC(C)Nc3cn[nH]c(=O)c3C(F)(F)F)CCN2c2ncc(C(F)(F)F)cc21. The summed E-state index contributed by atoms with van der Waals surface area (Å²) in [6.45, 7) is 5.84. The van der Waals surface area contributed by atoms with E-state index in [0.29, 0.717) is 6.42 Å². The van der Waals surface area contributed by atoms with E-state index >= 15 is 0 Å². The molecule has 44 heavy (non-hydrogen) atoms. The molecule has 1 fully saturated rings. The Morgan fingerprint density at radius 1 is 1.11 bits per heavy atom. The molecule has 1 saturated heterocycles. The summed E-state index contributed by atoms with van der Waals surface area (Å²) in [5.41, 5.74) is -4.16. The molecule has 0 aromatic carbocycles. The highest BCUT2D eigenvalue weighted by Gasteiger charge is 2.44. The van der Waals surface area contributed by atoms with Crippen molar-refractivity contribution < 1.29 is 40.7 Å². The molecule has 11 nitrogen and oxygen atoms in total. The normalized spacial score (nSPS) is 17.9. The number of piperazine rings is 1. The summed E-state index contributed by atoms with van der Waals surface area (Å²) in [7, 11) is 0. The molecule has 0 bridgehead atoms. The molecule has 0 spiro atoms. The van der Waals surface area contributed by atoms with Gasteiger partial charge in [0, 0.05) is 31.9 Å². The van der Waals surface area contributed by atoms with Gasteiger partial charge in [0.2, 0.25) is 5.91 Å². The van der Waals surface area contributed by atoms with Gasteiger partial charge in [-0.05, 0) is 25.3 Å². The zero-order valence-electron chi connectivity index (χ0n) is 24.3. The number of pyridine rings is 1. The molecule has 4 rings (SSSR count). The van der Waals surface area contributed by atoms with Crippen LogP contribution in [0, 0.1) is 5.92 Å². The number of halogens is 6. The van der Waals surface area contributed by atoms with E-state index in [1.807, 2.05) is 13.8 Å². The number of amides is 2. The summed E-state index contributed by atoms with van der Waals surface area (Å²) in [5.74, 6) is -0.298. The fourth-order valence-electron chi connectivity index (χ4n) is 5.09. The number of nitrogens with zero attached hydrogens (tertiary/aromatic N) is 5. The highest BCUT2D eigenvalue weighted by Crippen LogP contribution is 2.40. The van der Waals surface area contributed by atoms with Gasteiger partial charge in [-0.1, -0.05) is 13.8 Å². The third-order valence-corrected chi connectivity index (χ3v) is 7.32. The van der Waals surface area contributed by atoms with Gasteiger partial charge in [0.05, 0.1) is 49.3 Å². The molecule has 4 heterocycles. The summed E-state index contributed by atoms with van der Waals surface area (Å²) < 4.78 is 85.6. The molecule has 2 aromatic rings. The first kappa shape index (κ1) is 33.0. The van der Waals surface area contributed by atoms with Crippen LogP contribution in [0.1, 0.15) is 44.7 Å². The minimum absolute atomic E-state index is 0.00567. The van der Waals surface area contributed by atoms with Gasteiger partial charge in [0.1, 0.15) is 11.6 Å². The Balaban J connectivity index is 1.36. The Morgan fingerprint density at radius 2 is 1.84 bits per heavy atom. The van der Waals surface area contributed by atoms with Crippen molar-refractivity contribution >= 4 is 29.0 Å². The maximum Gasteiger partial charge on any atom is 0.423 e. The number of rotatable bonds is 10. The number of fused-ring (bicyclic) bond motifs is 3. The standard InChI is InChI=1S/C27H33F6N7O4/c1-15(2)4-6-40-19-10-17(26(28,29)30)11-34-23(19)39-8-7-38(13-20(39)25(40)43)21(41)5-9-44-14-16(3)36-18-12-35-37-24(42)22(18)27(31,32)33/h10-12,15-16,20H,4-9,13-14H2,1-3H3,(H2,36,37,42). The van der Waals surface area contributed by atoms with Gasteiger partial charge in [-0.3, -0.25) is 14.4 Å². The van der Waals surface area contributed by atoms with Crippen LogP contribution in [0.25, 0.3) is 0 Å². The van der Waals surface area contributed by atoms with E-state index in [4.69, 9.17) is 4.74 Å². The molecule has 2 aliphatic rings. The van der Waals surface area contributed by atoms with Crippen molar-refractivity contribution in [3.8, 4) is 0 Å². The van der Waals surface area contributed by atoms with Crippen LogP contribution in [-0.4, -0.2) is 83.4 Å². The van der Waals surface area contributed by atoms with Crippen LogP contribution in [-0.2, 0) is 26.7 Å². The molecule has 0 saturated carbocycles. The molecular formula is C27H33F6N7O4. The lowest BCUT2D eigenvalue weighted by Crippen LogP contribution is -2.64. The Bertz CT molecular complexity index is 1410. The van der Waals surface area contributed by atoms with Crippen molar-refractivity contribution in [1.82, 2.24) is 20.1 Å². The number of alkyl halides is 6. The number of aromatic amines is 1. The predicted octanol–water partition coefficient (Wildman–Crippen LogP) is 3.52. The molecule has 17 heteroatoms. The van der Waals surface area contributed by atoms with Crippen LogP contribution in [0.4, 0.5) is 43.5 Å². The number of anilines is 3. The first-order valence-corrected chi connectivity index (χ1v) is 14.0. The Morgan fingerprint density at radius 3 is 2.50 bits per heavy atom. The summed E-state index contributed by atoms with van der Waals surface area (Å²) in [6.07, 6.45) is -7.45. The average molecular weight is 634 g/mol. The fourth-order valence-corrected chi connectivity index (χ4v) is 5.09. The van der Waals surface area contributed by atoms with Crippen molar-refractivity contribution in [2.45, 2.75) is 58.0 Å². The van der Waals surface area contributed by atoms with Crippen LogP contribution in [0.3, 0.4) is 0 Å². The molecule has 242 valence electrons. The average Bonchev–Trinajstić information content (AvgIpc) is 2.93. The third kappa shape index (κ3) is 7.42. The number of carbonyl (C=O) groups excluding carboxylic acids is 2. The number of ether oxygens (including phenoxy) is 1. The number of carbonyl (C=O) groups is 2. The van der Waals surface area contributed by atoms with Gasteiger partial charge in [0.25, 0.3) is 11.5 Å². The number of nitrogens with one attached hydrogen (secondary N) is 2. The number of aromatic nitrogens is 3. The highest BCUT2D eigenvalue weighted by atomic mass is 19.4. The maximum atomic E-state index is 13.6. The molecule has 0 radical (unpaired) electrons. The predicted molar refractivity (Wildman–Crippen MR) is 147 cm³/mol. The summed E-state index contributed by atoms with van der Waals surface area (Å²) >= 11 is 0. The third-order valence-electron chi connectivity index (χ3n) is 7.32. The Labute approximate surface area is 248 Å². The highest BCUT2D eigenvalue weighted by molar-refractivity contribution is 6.05. The minimum Gasteiger partial charge on any atom is -0.379 e. The molecule has 2 aliphatic heterocycles. The molecular weight excluding hydrogens is 600 g/mol. The van der Waals surface area contributed by atoms with Crippen molar-refractivity contribution in [2.24, 2.45) is 5.92 Å². The molecule has 2 amide bonds. The molecule has 2 atom stereocenters. The summed E-state index contributed by atoms with van der Waals surface area (Å²) in [4.78, 5) is 46.7. The van der Waals surface area contributed by atoms with Crippen molar-refractivity contribution in [3.63, 3.8) is 0 Å². The second kappa shape index (κ2) is 13.0. The van der Waals surface area contributed by atoms with Gasteiger partial charge in [-0.15, -0.1) is 0 Å². The molecule has 0 aliphatic carbocycles. The molecule has 2 aromatic heterocycles. The van der Waals surface area contributed by atoms with E-state index in [9.17, 15) is 40.7 Å². The lowest BCUT2D eigenvalue weighted by Gasteiger charge is -2.47. The maximum absolute atomic E-state index is 13.6. The molecule has 2 N–H and O–H groups in total. The number of hydrogen-bond acceptors (Lipinski definition) is 8. The van der Waals surface area contributed by atoms with Gasteiger partial charge in [-0.25, -0.2) is 10.1 Å². The first-order chi connectivity index (χ1) is 20.6. The smallest absolute Gasteiger partial charge is 0.379 e. The summed E-state index contributed by atoms with van der Waals surface area (Å²) in [6, 6.07) is -0.551.